The molecular formula is C16H21Cl2FN2O. The molecule has 3 nitrogen and oxygen atoms in total. The summed E-state index contributed by atoms with van der Waals surface area (Å²) in [4.78, 5) is 12.3. The van der Waals surface area contributed by atoms with Crippen molar-refractivity contribution in [3.63, 3.8) is 0 Å². The van der Waals surface area contributed by atoms with Crippen molar-refractivity contribution >= 4 is 29.9 Å². The number of benzene rings is 1. The Morgan fingerprint density at radius 3 is 2.86 bits per heavy atom. The van der Waals surface area contributed by atoms with E-state index in [-0.39, 0.29) is 42.0 Å². The van der Waals surface area contributed by atoms with E-state index in [2.05, 4.69) is 5.32 Å². The maximum absolute atomic E-state index is 13.9. The van der Waals surface area contributed by atoms with E-state index in [0.29, 0.717) is 23.0 Å². The first-order valence-electron chi connectivity index (χ1n) is 7.56. The summed E-state index contributed by atoms with van der Waals surface area (Å²) in [7, 11) is 0. The number of carbonyl (C=O) groups is 1. The molecule has 0 aromatic heterocycles. The number of carbonyl (C=O) groups excluding carboxylic acids is 1. The van der Waals surface area contributed by atoms with Gasteiger partial charge in [0.1, 0.15) is 5.82 Å². The van der Waals surface area contributed by atoms with Crippen LogP contribution in [-0.2, 0) is 4.79 Å². The van der Waals surface area contributed by atoms with Crippen LogP contribution in [0.5, 0.6) is 0 Å². The smallest absolute Gasteiger partial charge is 0.223 e. The van der Waals surface area contributed by atoms with Crippen molar-refractivity contribution in [3.05, 3.63) is 34.6 Å². The Labute approximate surface area is 141 Å². The highest BCUT2D eigenvalue weighted by atomic mass is 35.5. The molecule has 6 heteroatoms. The van der Waals surface area contributed by atoms with Gasteiger partial charge >= 0.3 is 0 Å². The van der Waals surface area contributed by atoms with Gasteiger partial charge in [-0.05, 0) is 43.9 Å². The molecule has 3 rings (SSSR count). The van der Waals surface area contributed by atoms with Crippen LogP contribution < -0.4 is 11.1 Å². The molecule has 0 bridgehead atoms. The third kappa shape index (κ3) is 3.39. The van der Waals surface area contributed by atoms with Crippen LogP contribution in [0.1, 0.15) is 37.2 Å². The fraction of sp³-hybridized carbons (Fsp3) is 0.562. The Bertz CT molecular complexity index is 535. The van der Waals surface area contributed by atoms with Crippen molar-refractivity contribution in [1.82, 2.24) is 5.32 Å². The molecule has 2 fully saturated rings. The summed E-state index contributed by atoms with van der Waals surface area (Å²) >= 11 is 6.07. The van der Waals surface area contributed by atoms with Gasteiger partial charge in [-0.15, -0.1) is 12.4 Å². The molecule has 1 amide bonds. The molecule has 0 radical (unpaired) electrons. The minimum absolute atomic E-state index is 0. The monoisotopic (exact) mass is 346 g/mol. The van der Waals surface area contributed by atoms with Gasteiger partial charge in [0.15, 0.2) is 0 Å². The summed E-state index contributed by atoms with van der Waals surface area (Å²) in [5.74, 6) is 0.0971. The van der Waals surface area contributed by atoms with Crippen LogP contribution in [-0.4, -0.2) is 18.5 Å². The standard InChI is InChI=1S/C16H20ClFN2O.ClH/c17-12-5-2-6-13(18)15(12)11-7-14(11)20-16(21)10-4-1-3-9(10)8-19;/h2,5-6,9-11,14H,1,3-4,7-8,19H2,(H,20,21);1H/t9-,10-,11?,14?;/m1./s1. The van der Waals surface area contributed by atoms with E-state index in [4.69, 9.17) is 17.3 Å². The predicted molar refractivity (Wildman–Crippen MR) is 87.8 cm³/mol. The highest BCUT2D eigenvalue weighted by Crippen LogP contribution is 2.45. The van der Waals surface area contributed by atoms with Gasteiger partial charge in [-0.2, -0.15) is 0 Å². The summed E-state index contributed by atoms with van der Waals surface area (Å²) in [6, 6.07) is 4.71. The molecular weight excluding hydrogens is 326 g/mol. The van der Waals surface area contributed by atoms with Crippen molar-refractivity contribution in [2.24, 2.45) is 17.6 Å². The molecule has 22 heavy (non-hydrogen) atoms. The summed E-state index contributed by atoms with van der Waals surface area (Å²) < 4.78 is 13.9. The zero-order valence-corrected chi connectivity index (χ0v) is 13.8. The number of hydrogen-bond donors (Lipinski definition) is 2. The van der Waals surface area contributed by atoms with Crippen LogP contribution in [0.4, 0.5) is 4.39 Å². The summed E-state index contributed by atoms with van der Waals surface area (Å²) in [6.07, 6.45) is 3.76. The molecule has 2 aliphatic carbocycles. The van der Waals surface area contributed by atoms with E-state index in [9.17, 15) is 9.18 Å². The zero-order chi connectivity index (χ0) is 15.0. The summed E-state index contributed by atoms with van der Waals surface area (Å²) in [5.41, 5.74) is 6.25. The second-order valence-electron chi connectivity index (χ2n) is 6.13. The lowest BCUT2D eigenvalue weighted by molar-refractivity contribution is -0.126. The molecule has 4 atom stereocenters. The van der Waals surface area contributed by atoms with Gasteiger partial charge < -0.3 is 11.1 Å². The summed E-state index contributed by atoms with van der Waals surface area (Å²) in [6.45, 7) is 0.561. The van der Waals surface area contributed by atoms with Gasteiger partial charge in [0.05, 0.1) is 0 Å². The first-order valence-corrected chi connectivity index (χ1v) is 7.94. The molecule has 3 N–H and O–H groups in total. The molecule has 0 spiro atoms. The highest BCUT2D eigenvalue weighted by Gasteiger charge is 2.44. The van der Waals surface area contributed by atoms with Gasteiger partial charge in [-0.1, -0.05) is 24.1 Å². The van der Waals surface area contributed by atoms with Gasteiger partial charge in [-0.25, -0.2) is 4.39 Å². The number of rotatable bonds is 4. The number of amides is 1. The van der Waals surface area contributed by atoms with E-state index < -0.39 is 0 Å². The van der Waals surface area contributed by atoms with Crippen LogP contribution in [0.3, 0.4) is 0 Å². The molecule has 2 saturated carbocycles. The maximum Gasteiger partial charge on any atom is 0.223 e. The third-order valence-corrected chi connectivity index (χ3v) is 5.12. The minimum atomic E-state index is -0.287. The molecule has 122 valence electrons. The van der Waals surface area contributed by atoms with Crippen LogP contribution in [0.2, 0.25) is 5.02 Å². The van der Waals surface area contributed by atoms with Gasteiger partial charge in [0.25, 0.3) is 0 Å². The Hall–Kier alpha value is -0.840. The average molecular weight is 347 g/mol. The maximum atomic E-state index is 13.9. The molecule has 2 unspecified atom stereocenters. The third-order valence-electron chi connectivity index (χ3n) is 4.79. The Kier molecular flexibility index (Phi) is 5.70. The molecule has 0 aliphatic heterocycles. The molecule has 0 saturated heterocycles. The SMILES string of the molecule is Cl.NC[C@H]1CCC[C@H]1C(=O)NC1CC1c1c(F)cccc1Cl. The topological polar surface area (TPSA) is 55.1 Å². The number of nitrogens with one attached hydrogen (secondary N) is 1. The van der Waals surface area contributed by atoms with Crippen LogP contribution >= 0.6 is 24.0 Å². The number of halogens is 3. The lowest BCUT2D eigenvalue weighted by atomic mass is 9.95. The second-order valence-corrected chi connectivity index (χ2v) is 6.53. The molecule has 1 aromatic carbocycles. The van der Waals surface area contributed by atoms with E-state index in [1.807, 2.05) is 0 Å². The largest absolute Gasteiger partial charge is 0.352 e. The quantitative estimate of drug-likeness (QED) is 0.879. The lowest BCUT2D eigenvalue weighted by Crippen LogP contribution is -2.36. The van der Waals surface area contributed by atoms with Gasteiger partial charge in [0.2, 0.25) is 5.91 Å². The molecule has 2 aliphatic rings. The van der Waals surface area contributed by atoms with Crippen molar-refractivity contribution in [1.29, 1.82) is 0 Å². The minimum Gasteiger partial charge on any atom is -0.352 e. The van der Waals surface area contributed by atoms with E-state index in [1.54, 1.807) is 12.1 Å². The average Bonchev–Trinajstić information content (AvgIpc) is 3.03. The molecule has 0 heterocycles. The van der Waals surface area contributed by atoms with Crippen molar-refractivity contribution in [2.75, 3.05) is 6.54 Å². The first kappa shape index (κ1) is 17.5. The van der Waals surface area contributed by atoms with Crippen LogP contribution in [0.25, 0.3) is 0 Å². The Morgan fingerprint density at radius 1 is 1.41 bits per heavy atom. The van der Waals surface area contributed by atoms with Crippen molar-refractivity contribution in [2.45, 2.75) is 37.6 Å². The molecule has 1 aromatic rings. The second kappa shape index (κ2) is 7.16. The van der Waals surface area contributed by atoms with Gasteiger partial charge in [-0.3, -0.25) is 4.79 Å². The first-order chi connectivity index (χ1) is 10.1. The van der Waals surface area contributed by atoms with Crippen molar-refractivity contribution in [3.8, 4) is 0 Å². The van der Waals surface area contributed by atoms with Crippen LogP contribution in [0.15, 0.2) is 18.2 Å². The van der Waals surface area contributed by atoms with Crippen molar-refractivity contribution < 1.29 is 9.18 Å². The van der Waals surface area contributed by atoms with E-state index in [0.717, 1.165) is 25.7 Å². The predicted octanol–water partition coefficient (Wildman–Crippen LogP) is 3.25. The Balaban J connectivity index is 0.00000176. The number of nitrogens with two attached hydrogens (primary N) is 1. The normalized spacial score (nSPS) is 29.8. The fourth-order valence-electron chi connectivity index (χ4n) is 3.49. The van der Waals surface area contributed by atoms with E-state index >= 15 is 0 Å². The Morgan fingerprint density at radius 2 is 2.18 bits per heavy atom. The van der Waals surface area contributed by atoms with Gasteiger partial charge in [0, 0.05) is 28.5 Å². The fourth-order valence-corrected chi connectivity index (χ4v) is 3.80. The number of hydrogen-bond acceptors (Lipinski definition) is 2. The summed E-state index contributed by atoms with van der Waals surface area (Å²) in [5, 5.41) is 3.49. The lowest BCUT2D eigenvalue weighted by Gasteiger charge is -2.17. The van der Waals surface area contributed by atoms with E-state index in [1.165, 1.54) is 6.07 Å². The highest BCUT2D eigenvalue weighted by molar-refractivity contribution is 6.31. The zero-order valence-electron chi connectivity index (χ0n) is 12.2. The van der Waals surface area contributed by atoms with Crippen LogP contribution in [0, 0.1) is 17.7 Å².